The van der Waals surface area contributed by atoms with Gasteiger partial charge in [-0.15, -0.1) is 0 Å². The molecule has 1 aliphatic carbocycles. The highest BCUT2D eigenvalue weighted by Gasteiger charge is 2.43. The fraction of sp³-hybridized carbons (Fsp3) is 0.929. The van der Waals surface area contributed by atoms with Gasteiger partial charge >= 0.3 is 6.18 Å². The van der Waals surface area contributed by atoms with E-state index < -0.39 is 40.1 Å². The van der Waals surface area contributed by atoms with Crippen molar-refractivity contribution in [3.05, 3.63) is 0 Å². The Labute approximate surface area is 134 Å². The third-order valence-corrected chi connectivity index (χ3v) is 5.95. The van der Waals surface area contributed by atoms with Crippen molar-refractivity contribution >= 4 is 15.9 Å². The van der Waals surface area contributed by atoms with Crippen molar-refractivity contribution in [2.45, 2.75) is 63.2 Å². The number of alkyl halides is 3. The number of rotatable bonds is 3. The molecule has 0 aromatic carbocycles. The van der Waals surface area contributed by atoms with Gasteiger partial charge in [0.05, 0.1) is 12.2 Å². The van der Waals surface area contributed by atoms with Gasteiger partial charge in [-0.25, -0.2) is 8.42 Å². The van der Waals surface area contributed by atoms with Gasteiger partial charge in [0, 0.05) is 12.6 Å². The first-order valence-corrected chi connectivity index (χ1v) is 9.78. The van der Waals surface area contributed by atoms with Crippen LogP contribution in [0, 0.1) is 5.92 Å². The number of halogens is 3. The molecule has 2 rings (SSSR count). The van der Waals surface area contributed by atoms with Crippen molar-refractivity contribution in [3.8, 4) is 0 Å². The summed E-state index contributed by atoms with van der Waals surface area (Å²) in [5.41, 5.74) is 0. The zero-order valence-corrected chi connectivity index (χ0v) is 13.9. The van der Waals surface area contributed by atoms with Gasteiger partial charge in [-0.2, -0.15) is 17.5 Å². The summed E-state index contributed by atoms with van der Waals surface area (Å²) in [5, 5.41) is 2.65. The summed E-state index contributed by atoms with van der Waals surface area (Å²) in [6.07, 6.45) is -0.467. The molecule has 2 fully saturated rings. The van der Waals surface area contributed by atoms with E-state index in [0.29, 0.717) is 25.7 Å². The van der Waals surface area contributed by atoms with Crippen molar-refractivity contribution in [1.82, 2.24) is 9.62 Å². The van der Waals surface area contributed by atoms with Gasteiger partial charge in [0.15, 0.2) is 0 Å². The standard InChI is InChI=1S/C14H23F3N2O3S/c1-23(21,22)19-8-3-2-7-12(19)13(20)18-11-6-4-5-10(9-11)14(15,16)17/h10-12H,2-9H2,1H3,(H,18,20)/t10-,11+,12+/m0/s1. The molecule has 134 valence electrons. The highest BCUT2D eigenvalue weighted by molar-refractivity contribution is 7.88. The summed E-state index contributed by atoms with van der Waals surface area (Å²) in [6.45, 7) is 0.284. The van der Waals surface area contributed by atoms with Gasteiger partial charge in [-0.05, 0) is 32.1 Å². The lowest BCUT2D eigenvalue weighted by molar-refractivity contribution is -0.184. The minimum atomic E-state index is -4.24. The maximum Gasteiger partial charge on any atom is 0.391 e. The maximum atomic E-state index is 12.8. The summed E-state index contributed by atoms with van der Waals surface area (Å²) in [6, 6.07) is -1.34. The van der Waals surface area contributed by atoms with Crippen LogP contribution in [0.3, 0.4) is 0 Å². The number of hydrogen-bond acceptors (Lipinski definition) is 3. The van der Waals surface area contributed by atoms with Crippen LogP contribution in [0.15, 0.2) is 0 Å². The van der Waals surface area contributed by atoms with E-state index in [1.165, 1.54) is 0 Å². The third-order valence-electron chi connectivity index (χ3n) is 4.67. The Hall–Kier alpha value is -0.830. The number of nitrogens with zero attached hydrogens (tertiary/aromatic N) is 1. The first-order chi connectivity index (χ1) is 10.6. The normalized spacial score (nSPS) is 30.9. The van der Waals surface area contributed by atoms with Crippen LogP contribution in [-0.4, -0.2) is 49.7 Å². The number of carbonyl (C=O) groups is 1. The highest BCUT2D eigenvalue weighted by Crippen LogP contribution is 2.37. The molecule has 1 saturated carbocycles. The number of hydrogen-bond donors (Lipinski definition) is 1. The minimum absolute atomic E-state index is 0.0920. The van der Waals surface area contributed by atoms with E-state index in [0.717, 1.165) is 17.0 Å². The van der Waals surface area contributed by atoms with Crippen LogP contribution in [0.4, 0.5) is 13.2 Å². The molecule has 23 heavy (non-hydrogen) atoms. The fourth-order valence-electron chi connectivity index (χ4n) is 3.48. The van der Waals surface area contributed by atoms with Crippen LogP contribution in [0.1, 0.15) is 44.9 Å². The lowest BCUT2D eigenvalue weighted by Crippen LogP contribution is -2.54. The summed E-state index contributed by atoms with van der Waals surface area (Å²) in [7, 11) is -3.50. The van der Waals surface area contributed by atoms with Gasteiger partial charge in [0.25, 0.3) is 0 Å². The molecule has 3 atom stereocenters. The second-order valence-electron chi connectivity index (χ2n) is 6.50. The van der Waals surface area contributed by atoms with Crippen molar-refractivity contribution in [3.63, 3.8) is 0 Å². The van der Waals surface area contributed by atoms with Crippen molar-refractivity contribution in [2.75, 3.05) is 12.8 Å². The third kappa shape index (κ3) is 4.82. The van der Waals surface area contributed by atoms with Gasteiger partial charge in [0.2, 0.25) is 15.9 Å². The fourth-order valence-corrected chi connectivity index (χ4v) is 4.60. The second kappa shape index (κ2) is 6.96. The highest BCUT2D eigenvalue weighted by atomic mass is 32.2. The SMILES string of the molecule is CS(=O)(=O)N1CCCC[C@@H]1C(=O)N[C@@H]1CCC[C@H](C(F)(F)F)C1. The molecule has 9 heteroatoms. The predicted octanol–water partition coefficient (Wildman–Crippen LogP) is 2.04. The molecule has 1 saturated heterocycles. The summed E-state index contributed by atoms with van der Waals surface area (Å²) in [5.74, 6) is -1.86. The molecule has 0 unspecified atom stereocenters. The Kier molecular flexibility index (Phi) is 5.60. The molecule has 0 aromatic heterocycles. The molecule has 1 aliphatic heterocycles. The molecule has 1 N–H and O–H groups in total. The minimum Gasteiger partial charge on any atom is -0.352 e. The summed E-state index contributed by atoms with van der Waals surface area (Å²) < 4.78 is 63.2. The van der Waals surface area contributed by atoms with E-state index in [4.69, 9.17) is 0 Å². The Morgan fingerprint density at radius 2 is 1.83 bits per heavy atom. The number of sulfonamides is 1. The smallest absolute Gasteiger partial charge is 0.352 e. The molecular formula is C14H23F3N2O3S. The van der Waals surface area contributed by atoms with Crippen LogP contribution in [0.25, 0.3) is 0 Å². The van der Waals surface area contributed by atoms with Crippen molar-refractivity contribution < 1.29 is 26.4 Å². The largest absolute Gasteiger partial charge is 0.391 e. The molecule has 1 heterocycles. The summed E-state index contributed by atoms with van der Waals surface area (Å²) >= 11 is 0. The quantitative estimate of drug-likeness (QED) is 0.842. The molecule has 0 spiro atoms. The number of carbonyl (C=O) groups excluding carboxylic acids is 1. The zero-order valence-electron chi connectivity index (χ0n) is 13.1. The zero-order chi connectivity index (χ0) is 17.3. The van der Waals surface area contributed by atoms with Gasteiger partial charge in [-0.1, -0.05) is 12.8 Å². The molecule has 0 radical (unpaired) electrons. The first kappa shape index (κ1) is 18.5. The molecule has 5 nitrogen and oxygen atoms in total. The van der Waals surface area contributed by atoms with Crippen molar-refractivity contribution in [2.24, 2.45) is 5.92 Å². The van der Waals surface area contributed by atoms with Gasteiger partial charge in [0.1, 0.15) is 6.04 Å². The van der Waals surface area contributed by atoms with Crippen LogP contribution < -0.4 is 5.32 Å². The Morgan fingerprint density at radius 1 is 1.13 bits per heavy atom. The number of piperidine rings is 1. The number of nitrogens with one attached hydrogen (secondary N) is 1. The van der Waals surface area contributed by atoms with Crippen LogP contribution in [-0.2, 0) is 14.8 Å². The van der Waals surface area contributed by atoms with Crippen molar-refractivity contribution in [1.29, 1.82) is 0 Å². The van der Waals surface area contributed by atoms with Gasteiger partial charge < -0.3 is 5.32 Å². The first-order valence-electron chi connectivity index (χ1n) is 7.93. The molecule has 2 aliphatic rings. The number of amides is 1. The molecule has 0 aromatic rings. The molecular weight excluding hydrogens is 333 g/mol. The lowest BCUT2D eigenvalue weighted by Gasteiger charge is -2.35. The van der Waals surface area contributed by atoms with E-state index in [9.17, 15) is 26.4 Å². The van der Waals surface area contributed by atoms with E-state index in [-0.39, 0.29) is 19.4 Å². The Bertz CT molecular complexity index is 536. The Balaban J connectivity index is 2.00. The van der Waals surface area contributed by atoms with E-state index in [2.05, 4.69) is 5.32 Å². The average molecular weight is 356 g/mol. The average Bonchev–Trinajstić information content (AvgIpc) is 2.46. The van der Waals surface area contributed by atoms with E-state index in [1.807, 2.05) is 0 Å². The monoisotopic (exact) mass is 356 g/mol. The lowest BCUT2D eigenvalue weighted by atomic mass is 9.85. The van der Waals surface area contributed by atoms with Crippen LogP contribution in [0.2, 0.25) is 0 Å². The van der Waals surface area contributed by atoms with Gasteiger partial charge in [-0.3, -0.25) is 4.79 Å². The van der Waals surface area contributed by atoms with Crippen LogP contribution in [0.5, 0.6) is 0 Å². The van der Waals surface area contributed by atoms with E-state index >= 15 is 0 Å². The maximum absolute atomic E-state index is 12.8. The summed E-state index contributed by atoms with van der Waals surface area (Å²) in [4.78, 5) is 12.4. The second-order valence-corrected chi connectivity index (χ2v) is 8.43. The van der Waals surface area contributed by atoms with E-state index in [1.54, 1.807) is 0 Å². The predicted molar refractivity (Wildman–Crippen MR) is 79.1 cm³/mol. The molecule has 0 bridgehead atoms. The molecule has 1 amide bonds. The topological polar surface area (TPSA) is 66.5 Å². The van der Waals surface area contributed by atoms with Crippen LogP contribution >= 0.6 is 0 Å². The Morgan fingerprint density at radius 3 is 2.43 bits per heavy atom.